The number of aryl methyl sites for hydroxylation is 2. The van der Waals surface area contributed by atoms with Gasteiger partial charge in [-0.25, -0.2) is 4.79 Å². The second kappa shape index (κ2) is 8.91. The number of hydrogen-bond donors (Lipinski definition) is 1. The quantitative estimate of drug-likeness (QED) is 0.690. The van der Waals surface area contributed by atoms with Gasteiger partial charge < -0.3 is 24.4 Å². The van der Waals surface area contributed by atoms with E-state index in [1.54, 1.807) is 26.0 Å². The highest BCUT2D eigenvalue weighted by molar-refractivity contribution is 5.87. The number of carboxylic acids is 1. The Bertz CT molecular complexity index is 932. The molecule has 0 aliphatic heterocycles. The van der Waals surface area contributed by atoms with Gasteiger partial charge >= 0.3 is 5.63 Å². The molecular weight excluding hydrogens is 362 g/mol. The number of hydrogen-bond acceptors (Lipinski definition) is 6. The van der Waals surface area contributed by atoms with Gasteiger partial charge in [0.15, 0.2) is 6.10 Å². The lowest BCUT2D eigenvalue weighted by molar-refractivity contribution is -0.309. The third-order valence-electron chi connectivity index (χ3n) is 5.02. The third-order valence-corrected chi connectivity index (χ3v) is 5.02. The van der Waals surface area contributed by atoms with E-state index in [4.69, 9.17) is 9.15 Å². The van der Waals surface area contributed by atoms with Crippen molar-refractivity contribution in [3.63, 3.8) is 0 Å². The summed E-state index contributed by atoms with van der Waals surface area (Å²) in [6.45, 7) is 8.79. The average molecular weight is 388 g/mol. The molecule has 0 unspecified atom stereocenters. The number of fused-ring (bicyclic) bond motifs is 1. The molecule has 1 heterocycles. The molecule has 0 radical (unpaired) electrons. The molecule has 2 rings (SSSR count). The molecule has 0 spiro atoms. The molecule has 0 aliphatic rings. The van der Waals surface area contributed by atoms with Crippen LogP contribution in [0.4, 0.5) is 0 Å². The largest absolute Gasteiger partial charge is 0.548 e. The molecule has 3 atom stereocenters. The van der Waals surface area contributed by atoms with E-state index < -0.39 is 29.6 Å². The first-order valence-electron chi connectivity index (χ1n) is 9.43. The minimum absolute atomic E-state index is 0.273. The van der Waals surface area contributed by atoms with Crippen LogP contribution in [0.5, 0.6) is 5.75 Å². The van der Waals surface area contributed by atoms with Crippen molar-refractivity contribution in [1.82, 2.24) is 5.32 Å². The van der Waals surface area contributed by atoms with Crippen LogP contribution >= 0.6 is 0 Å². The van der Waals surface area contributed by atoms with Crippen LogP contribution in [0.15, 0.2) is 27.4 Å². The van der Waals surface area contributed by atoms with Gasteiger partial charge in [-0.05, 0) is 43.9 Å². The molecule has 2 aromatic rings. The van der Waals surface area contributed by atoms with E-state index in [1.807, 2.05) is 13.8 Å². The highest BCUT2D eigenvalue weighted by Crippen LogP contribution is 2.29. The Hall–Kier alpha value is -2.83. The molecule has 0 bridgehead atoms. The van der Waals surface area contributed by atoms with Crippen molar-refractivity contribution in [3.05, 3.63) is 39.7 Å². The lowest BCUT2D eigenvalue weighted by atomic mass is 9.99. The molecule has 28 heavy (non-hydrogen) atoms. The van der Waals surface area contributed by atoms with Crippen molar-refractivity contribution in [1.29, 1.82) is 0 Å². The fraction of sp³-hybridized carbons (Fsp3) is 0.476. The lowest BCUT2D eigenvalue weighted by Gasteiger charge is -2.27. The topological polar surface area (TPSA) is 109 Å². The van der Waals surface area contributed by atoms with Crippen molar-refractivity contribution in [2.45, 2.75) is 59.6 Å². The van der Waals surface area contributed by atoms with Crippen molar-refractivity contribution in [3.8, 4) is 5.75 Å². The summed E-state index contributed by atoms with van der Waals surface area (Å²) in [5, 5.41) is 14.6. The highest BCUT2D eigenvalue weighted by Gasteiger charge is 2.24. The Kier molecular flexibility index (Phi) is 6.83. The normalized spacial score (nSPS) is 14.3. The molecule has 0 saturated heterocycles. The third kappa shape index (κ3) is 4.52. The van der Waals surface area contributed by atoms with E-state index in [0.717, 1.165) is 10.9 Å². The van der Waals surface area contributed by atoms with Crippen LogP contribution in [0.25, 0.3) is 11.0 Å². The van der Waals surface area contributed by atoms with E-state index in [0.29, 0.717) is 29.7 Å². The van der Waals surface area contributed by atoms with E-state index in [-0.39, 0.29) is 5.92 Å². The number of carbonyl (C=O) groups is 2. The van der Waals surface area contributed by atoms with Gasteiger partial charge in [-0.15, -0.1) is 0 Å². The summed E-state index contributed by atoms with van der Waals surface area (Å²) in [5.41, 5.74) is 1.45. The molecule has 1 N–H and O–H groups in total. The van der Waals surface area contributed by atoms with E-state index in [2.05, 4.69) is 5.32 Å². The molecule has 1 aromatic heterocycles. The van der Waals surface area contributed by atoms with E-state index in [1.165, 1.54) is 13.0 Å². The molecule has 1 aromatic carbocycles. The highest BCUT2D eigenvalue weighted by atomic mass is 16.5. The summed E-state index contributed by atoms with van der Waals surface area (Å²) in [6, 6.07) is 3.87. The molecule has 0 fully saturated rings. The van der Waals surface area contributed by atoms with Gasteiger partial charge in [0.2, 0.25) is 0 Å². The molecule has 0 saturated carbocycles. The molecule has 0 aliphatic carbocycles. The van der Waals surface area contributed by atoms with Gasteiger partial charge in [0, 0.05) is 17.0 Å². The maximum absolute atomic E-state index is 12.4. The maximum Gasteiger partial charge on any atom is 0.336 e. The zero-order chi connectivity index (χ0) is 21.0. The van der Waals surface area contributed by atoms with Crippen LogP contribution in [0.2, 0.25) is 0 Å². The molecule has 152 valence electrons. The zero-order valence-electron chi connectivity index (χ0n) is 16.8. The van der Waals surface area contributed by atoms with Crippen LogP contribution in [0.1, 0.15) is 45.2 Å². The Morgan fingerprint density at radius 2 is 1.93 bits per heavy atom. The van der Waals surface area contributed by atoms with Crippen LogP contribution in [-0.4, -0.2) is 24.0 Å². The van der Waals surface area contributed by atoms with Crippen molar-refractivity contribution in [2.24, 2.45) is 5.92 Å². The number of carboxylic acid groups (broad SMARTS) is 1. The summed E-state index contributed by atoms with van der Waals surface area (Å²) < 4.78 is 11.1. The fourth-order valence-electron chi connectivity index (χ4n) is 3.01. The predicted molar refractivity (Wildman–Crippen MR) is 103 cm³/mol. The summed E-state index contributed by atoms with van der Waals surface area (Å²) in [5.74, 6) is -1.77. The number of carbonyl (C=O) groups excluding carboxylic acids is 2. The SMILES string of the molecule is CCc1cc(=O)oc2c(C)c(O[C@@H](C)C(=O)N[C@H](C(=O)[O-])[C@@H](C)CC)ccc12. The van der Waals surface area contributed by atoms with Gasteiger partial charge in [0.1, 0.15) is 11.3 Å². The minimum atomic E-state index is -1.33. The van der Waals surface area contributed by atoms with Crippen molar-refractivity contribution < 1.29 is 23.8 Å². The Labute approximate surface area is 163 Å². The first-order valence-corrected chi connectivity index (χ1v) is 9.43. The van der Waals surface area contributed by atoms with Crippen LogP contribution in [0, 0.1) is 12.8 Å². The number of aliphatic carboxylic acids is 1. The van der Waals surface area contributed by atoms with Gasteiger partial charge in [-0.3, -0.25) is 4.79 Å². The fourth-order valence-corrected chi connectivity index (χ4v) is 3.01. The van der Waals surface area contributed by atoms with Gasteiger partial charge in [-0.2, -0.15) is 0 Å². The van der Waals surface area contributed by atoms with Crippen LogP contribution in [-0.2, 0) is 16.0 Å². The number of amides is 1. The molecule has 7 heteroatoms. The second-order valence-corrected chi connectivity index (χ2v) is 6.96. The predicted octanol–water partition coefficient (Wildman–Crippen LogP) is 1.71. The Morgan fingerprint density at radius 1 is 1.25 bits per heavy atom. The Balaban J connectivity index is 2.26. The first kappa shape index (κ1) is 21.5. The lowest BCUT2D eigenvalue weighted by Crippen LogP contribution is -2.54. The summed E-state index contributed by atoms with van der Waals surface area (Å²) in [4.78, 5) is 35.5. The minimum Gasteiger partial charge on any atom is -0.548 e. The monoisotopic (exact) mass is 388 g/mol. The zero-order valence-corrected chi connectivity index (χ0v) is 16.8. The number of nitrogens with one attached hydrogen (secondary N) is 1. The van der Waals surface area contributed by atoms with E-state index in [9.17, 15) is 19.5 Å². The van der Waals surface area contributed by atoms with Gasteiger partial charge in [-0.1, -0.05) is 27.2 Å². The van der Waals surface area contributed by atoms with Crippen LogP contribution in [0.3, 0.4) is 0 Å². The van der Waals surface area contributed by atoms with Gasteiger partial charge in [0.05, 0.1) is 12.0 Å². The van der Waals surface area contributed by atoms with Crippen molar-refractivity contribution >= 4 is 22.8 Å². The maximum atomic E-state index is 12.4. The first-order chi connectivity index (χ1) is 13.2. The van der Waals surface area contributed by atoms with E-state index >= 15 is 0 Å². The average Bonchev–Trinajstić information content (AvgIpc) is 2.66. The standard InChI is InChI=1S/C21H27NO6/c1-6-11(3)18(21(25)26)22-20(24)13(5)27-16-9-8-15-14(7-2)10-17(23)28-19(15)12(16)4/h8-11,13,18H,6-7H2,1-5H3,(H,22,24)(H,25,26)/p-1/t11-,13-,18-/m0/s1. The van der Waals surface area contributed by atoms with Crippen LogP contribution < -0.4 is 20.8 Å². The number of benzene rings is 1. The molecule has 1 amide bonds. The second-order valence-electron chi connectivity index (χ2n) is 6.96. The van der Waals surface area contributed by atoms with Gasteiger partial charge in [0.25, 0.3) is 5.91 Å². The summed E-state index contributed by atoms with van der Waals surface area (Å²) in [7, 11) is 0. The van der Waals surface area contributed by atoms with Crippen molar-refractivity contribution in [2.75, 3.05) is 0 Å². The smallest absolute Gasteiger partial charge is 0.336 e. The number of rotatable bonds is 8. The number of ether oxygens (including phenoxy) is 1. The summed E-state index contributed by atoms with van der Waals surface area (Å²) >= 11 is 0. The Morgan fingerprint density at radius 3 is 2.50 bits per heavy atom. The molecular formula is C21H26NO6-. The molecule has 7 nitrogen and oxygen atoms in total. The summed E-state index contributed by atoms with van der Waals surface area (Å²) in [6.07, 6.45) is 0.320.